The van der Waals surface area contributed by atoms with E-state index in [1.54, 1.807) is 23.3 Å². The Labute approximate surface area is 97.1 Å². The van der Waals surface area contributed by atoms with E-state index in [2.05, 4.69) is 20.4 Å². The van der Waals surface area contributed by atoms with E-state index < -0.39 is 0 Å². The zero-order valence-electron chi connectivity index (χ0n) is 8.91. The molecule has 0 bridgehead atoms. The van der Waals surface area contributed by atoms with E-state index >= 15 is 0 Å². The molecule has 3 N–H and O–H groups in total. The number of hydrogen-bond acceptors (Lipinski definition) is 4. The van der Waals surface area contributed by atoms with Crippen molar-refractivity contribution >= 4 is 5.82 Å². The molecule has 0 aliphatic heterocycles. The molecule has 0 saturated carbocycles. The lowest BCUT2D eigenvalue weighted by atomic mass is 10.1. The fourth-order valence-corrected chi connectivity index (χ4v) is 1.69. The van der Waals surface area contributed by atoms with Crippen LogP contribution in [0.2, 0.25) is 0 Å². The highest BCUT2D eigenvalue weighted by atomic mass is 15.5. The number of nitrogens with zero attached hydrogens (tertiary/aromatic N) is 4. The number of H-pyrrole nitrogens is 1. The summed E-state index contributed by atoms with van der Waals surface area (Å²) in [5.41, 5.74) is 8.28. The Kier molecular flexibility index (Phi) is 2.11. The Morgan fingerprint density at radius 2 is 1.88 bits per heavy atom. The molecule has 3 rings (SSSR count). The Bertz CT molecular complexity index is 625. The van der Waals surface area contributed by atoms with Gasteiger partial charge in [-0.15, -0.1) is 0 Å². The lowest BCUT2D eigenvalue weighted by molar-refractivity contribution is 0.753. The third-order valence-electron chi connectivity index (χ3n) is 2.43. The van der Waals surface area contributed by atoms with Crippen molar-refractivity contribution in [1.29, 1.82) is 0 Å². The average Bonchev–Trinajstić information content (AvgIpc) is 3.00. The van der Waals surface area contributed by atoms with Gasteiger partial charge in [0.1, 0.15) is 5.82 Å². The average molecular weight is 226 g/mol. The zero-order chi connectivity index (χ0) is 11.7. The Balaban J connectivity index is 2.17. The third-order valence-corrected chi connectivity index (χ3v) is 2.43. The van der Waals surface area contributed by atoms with Gasteiger partial charge in [-0.3, -0.25) is 5.10 Å². The first-order chi connectivity index (χ1) is 8.34. The lowest BCUT2D eigenvalue weighted by Crippen LogP contribution is -2.00. The molecule has 17 heavy (non-hydrogen) atoms. The predicted molar refractivity (Wildman–Crippen MR) is 63.4 cm³/mol. The summed E-state index contributed by atoms with van der Waals surface area (Å²) in [7, 11) is 0. The van der Waals surface area contributed by atoms with Crippen LogP contribution >= 0.6 is 0 Å². The number of aromatic amines is 1. The van der Waals surface area contributed by atoms with Gasteiger partial charge >= 0.3 is 0 Å². The van der Waals surface area contributed by atoms with E-state index in [4.69, 9.17) is 5.73 Å². The topological polar surface area (TPSA) is 85.4 Å². The summed E-state index contributed by atoms with van der Waals surface area (Å²) in [5.74, 6) is 0.461. The van der Waals surface area contributed by atoms with E-state index in [1.807, 2.05) is 24.3 Å². The van der Waals surface area contributed by atoms with Crippen LogP contribution in [0.3, 0.4) is 0 Å². The smallest absolute Gasteiger partial charge is 0.145 e. The fraction of sp³-hybridized carbons (Fsp3) is 0. The summed E-state index contributed by atoms with van der Waals surface area (Å²) in [6.45, 7) is 0. The number of anilines is 1. The van der Waals surface area contributed by atoms with Gasteiger partial charge in [-0.1, -0.05) is 18.2 Å². The molecule has 0 fully saturated rings. The van der Waals surface area contributed by atoms with Crippen molar-refractivity contribution in [3.63, 3.8) is 0 Å². The number of benzene rings is 1. The molecule has 0 atom stereocenters. The van der Waals surface area contributed by atoms with Gasteiger partial charge in [-0.05, 0) is 6.07 Å². The highest BCUT2D eigenvalue weighted by Gasteiger charge is 2.09. The van der Waals surface area contributed by atoms with Gasteiger partial charge in [0.25, 0.3) is 0 Å². The van der Waals surface area contributed by atoms with Gasteiger partial charge in [0.15, 0.2) is 0 Å². The quantitative estimate of drug-likeness (QED) is 0.688. The molecule has 0 radical (unpaired) electrons. The molecule has 2 aromatic heterocycles. The van der Waals surface area contributed by atoms with Crippen LogP contribution in [0.5, 0.6) is 0 Å². The maximum Gasteiger partial charge on any atom is 0.145 e. The second kappa shape index (κ2) is 3.75. The highest BCUT2D eigenvalue weighted by molar-refractivity contribution is 5.71. The van der Waals surface area contributed by atoms with Crippen LogP contribution in [0, 0.1) is 0 Å². The molecule has 6 heteroatoms. The summed E-state index contributed by atoms with van der Waals surface area (Å²) in [6.07, 6.45) is 3.27. The summed E-state index contributed by atoms with van der Waals surface area (Å²) < 4.78 is 0. The van der Waals surface area contributed by atoms with Crippen molar-refractivity contribution < 1.29 is 0 Å². The van der Waals surface area contributed by atoms with Crippen LogP contribution in [0.15, 0.2) is 42.7 Å². The van der Waals surface area contributed by atoms with Gasteiger partial charge in [0.2, 0.25) is 0 Å². The summed E-state index contributed by atoms with van der Waals surface area (Å²) in [4.78, 5) is 1.56. The fourth-order valence-electron chi connectivity index (χ4n) is 1.69. The molecule has 0 amide bonds. The van der Waals surface area contributed by atoms with Crippen LogP contribution in [0.1, 0.15) is 0 Å². The molecule has 6 nitrogen and oxygen atoms in total. The summed E-state index contributed by atoms with van der Waals surface area (Å²) in [5, 5.41) is 15.0. The monoisotopic (exact) mass is 226 g/mol. The van der Waals surface area contributed by atoms with Crippen LogP contribution in [-0.4, -0.2) is 25.2 Å². The first kappa shape index (κ1) is 9.59. The van der Waals surface area contributed by atoms with Gasteiger partial charge in [-0.25, -0.2) is 0 Å². The van der Waals surface area contributed by atoms with E-state index in [0.29, 0.717) is 5.82 Å². The third kappa shape index (κ3) is 1.65. The van der Waals surface area contributed by atoms with Crippen molar-refractivity contribution in [2.24, 2.45) is 0 Å². The number of nitrogen functional groups attached to an aromatic ring is 1. The molecular formula is C11H10N6. The lowest BCUT2D eigenvalue weighted by Gasteiger charge is -2.05. The minimum Gasteiger partial charge on any atom is -0.382 e. The minimum absolute atomic E-state index is 0.461. The van der Waals surface area contributed by atoms with E-state index in [9.17, 15) is 0 Å². The number of para-hydroxylation sites is 1. The molecule has 3 aromatic rings. The standard InChI is InChI=1S/C11H10N6/c12-11-7-9(15-16-11)8-3-1-2-4-10(8)17-13-5-6-14-17/h1-7H,(H3,12,15,16). The molecule has 0 aliphatic rings. The van der Waals surface area contributed by atoms with Crippen molar-refractivity contribution in [3.8, 4) is 16.9 Å². The Morgan fingerprint density at radius 3 is 2.59 bits per heavy atom. The summed E-state index contributed by atoms with van der Waals surface area (Å²) >= 11 is 0. The molecular weight excluding hydrogens is 216 g/mol. The van der Waals surface area contributed by atoms with E-state index in [0.717, 1.165) is 16.9 Å². The molecule has 0 spiro atoms. The highest BCUT2D eigenvalue weighted by Crippen LogP contribution is 2.24. The molecule has 0 aliphatic carbocycles. The molecule has 84 valence electrons. The SMILES string of the molecule is Nc1cc(-c2ccccc2-n2nccn2)[nH]n1. The van der Waals surface area contributed by atoms with Crippen LogP contribution in [0.25, 0.3) is 16.9 Å². The molecule has 2 heterocycles. The number of nitrogens with one attached hydrogen (secondary N) is 1. The Hall–Kier alpha value is -2.63. The minimum atomic E-state index is 0.461. The number of aromatic nitrogens is 5. The number of nitrogens with two attached hydrogens (primary N) is 1. The maximum absolute atomic E-state index is 5.60. The van der Waals surface area contributed by atoms with E-state index in [-0.39, 0.29) is 0 Å². The number of rotatable bonds is 2. The van der Waals surface area contributed by atoms with Crippen LogP contribution in [-0.2, 0) is 0 Å². The maximum atomic E-state index is 5.60. The van der Waals surface area contributed by atoms with Crippen LogP contribution < -0.4 is 5.73 Å². The van der Waals surface area contributed by atoms with Crippen LogP contribution in [0.4, 0.5) is 5.82 Å². The van der Waals surface area contributed by atoms with Gasteiger partial charge in [0, 0.05) is 11.6 Å². The Morgan fingerprint density at radius 1 is 1.12 bits per heavy atom. The molecule has 1 aromatic carbocycles. The predicted octanol–water partition coefficient (Wildman–Crippen LogP) is 1.24. The first-order valence-corrected chi connectivity index (χ1v) is 5.11. The largest absolute Gasteiger partial charge is 0.382 e. The summed E-state index contributed by atoms with van der Waals surface area (Å²) in [6, 6.07) is 9.56. The second-order valence-corrected chi connectivity index (χ2v) is 3.54. The molecule has 0 unspecified atom stereocenters. The van der Waals surface area contributed by atoms with Crippen molar-refractivity contribution in [1.82, 2.24) is 25.2 Å². The normalized spacial score (nSPS) is 10.6. The zero-order valence-corrected chi connectivity index (χ0v) is 8.91. The van der Waals surface area contributed by atoms with Crippen molar-refractivity contribution in [2.75, 3.05) is 5.73 Å². The van der Waals surface area contributed by atoms with Crippen molar-refractivity contribution in [2.45, 2.75) is 0 Å². The second-order valence-electron chi connectivity index (χ2n) is 3.54. The van der Waals surface area contributed by atoms with Gasteiger partial charge in [0.05, 0.1) is 23.8 Å². The number of hydrogen-bond donors (Lipinski definition) is 2. The van der Waals surface area contributed by atoms with Gasteiger partial charge < -0.3 is 5.73 Å². The van der Waals surface area contributed by atoms with E-state index in [1.165, 1.54) is 0 Å². The van der Waals surface area contributed by atoms with Crippen molar-refractivity contribution in [3.05, 3.63) is 42.7 Å². The molecule has 0 saturated heterocycles. The van der Waals surface area contributed by atoms with Gasteiger partial charge in [-0.2, -0.15) is 20.1 Å². The first-order valence-electron chi connectivity index (χ1n) is 5.11.